The number of hydrogen-bond acceptors (Lipinski definition) is 4. The van der Waals surface area contributed by atoms with Crippen molar-refractivity contribution in [3.63, 3.8) is 0 Å². The predicted molar refractivity (Wildman–Crippen MR) is 119 cm³/mol. The molecule has 1 unspecified atom stereocenters. The second kappa shape index (κ2) is 9.68. The Morgan fingerprint density at radius 1 is 1.09 bits per heavy atom. The molecule has 3 aromatic rings. The number of carbonyl (C=O) groups excluding carboxylic acids is 2. The number of halogens is 1. The van der Waals surface area contributed by atoms with Gasteiger partial charge in [0.2, 0.25) is 5.91 Å². The molecular weight excluding hydrogens is 407 g/mol. The van der Waals surface area contributed by atoms with E-state index in [0.717, 1.165) is 23.1 Å². The Morgan fingerprint density at radius 3 is 2.59 bits per heavy atom. The average molecular weight is 432 g/mol. The summed E-state index contributed by atoms with van der Waals surface area (Å²) in [5, 5.41) is 0. The van der Waals surface area contributed by atoms with Crippen LogP contribution >= 0.6 is 0 Å². The molecule has 0 spiro atoms. The molecule has 2 heterocycles. The number of carbonyl (C=O) groups is 2. The Bertz CT molecular complexity index is 1090. The Kier molecular flexibility index (Phi) is 6.54. The normalized spacial score (nSPS) is 16.3. The zero-order valence-corrected chi connectivity index (χ0v) is 17.9. The maximum atomic E-state index is 13.4. The Balaban J connectivity index is 1.68. The lowest BCUT2D eigenvalue weighted by Gasteiger charge is -2.40. The van der Waals surface area contributed by atoms with Gasteiger partial charge in [-0.2, -0.15) is 0 Å². The molecule has 7 heteroatoms. The number of benzene rings is 2. The molecule has 1 saturated heterocycles. The lowest BCUT2D eigenvalue weighted by atomic mass is 9.93. The fourth-order valence-corrected chi connectivity index (χ4v) is 4.15. The number of piperazine rings is 1. The number of amides is 2. The van der Waals surface area contributed by atoms with E-state index in [1.54, 1.807) is 17.0 Å². The van der Waals surface area contributed by atoms with Crippen LogP contribution in [0.4, 0.5) is 4.39 Å². The molecule has 0 saturated carbocycles. The SMILES string of the molecule is CCCN1CCN(C(=O)c2cnccn2)C(Cc2ccccc2-c2ccc(F)cc2)C1=O. The minimum atomic E-state index is -0.647. The van der Waals surface area contributed by atoms with E-state index in [1.807, 2.05) is 36.1 Å². The van der Waals surface area contributed by atoms with Crippen molar-refractivity contribution in [3.05, 3.63) is 84.2 Å². The molecular formula is C25H25FN4O2. The predicted octanol–water partition coefficient (Wildman–Crippen LogP) is 3.59. The van der Waals surface area contributed by atoms with Crippen LogP contribution in [-0.4, -0.2) is 57.3 Å². The van der Waals surface area contributed by atoms with Crippen LogP contribution in [0.25, 0.3) is 11.1 Å². The van der Waals surface area contributed by atoms with Crippen LogP contribution in [0.3, 0.4) is 0 Å². The number of aromatic nitrogens is 2. The van der Waals surface area contributed by atoms with E-state index in [-0.39, 0.29) is 23.3 Å². The van der Waals surface area contributed by atoms with Gasteiger partial charge in [-0.1, -0.05) is 43.3 Å². The van der Waals surface area contributed by atoms with Crippen LogP contribution in [0.15, 0.2) is 67.1 Å². The first kappa shape index (κ1) is 21.6. The van der Waals surface area contributed by atoms with Crippen molar-refractivity contribution < 1.29 is 14.0 Å². The topological polar surface area (TPSA) is 66.4 Å². The van der Waals surface area contributed by atoms with Crippen molar-refractivity contribution in [1.82, 2.24) is 19.8 Å². The maximum absolute atomic E-state index is 13.4. The molecule has 0 N–H and O–H groups in total. The average Bonchev–Trinajstić information content (AvgIpc) is 2.83. The second-order valence-corrected chi connectivity index (χ2v) is 7.80. The van der Waals surface area contributed by atoms with Gasteiger partial charge in [-0.05, 0) is 35.2 Å². The quantitative estimate of drug-likeness (QED) is 0.597. The van der Waals surface area contributed by atoms with E-state index in [4.69, 9.17) is 0 Å². The van der Waals surface area contributed by atoms with E-state index in [1.165, 1.54) is 30.7 Å². The zero-order chi connectivity index (χ0) is 22.5. The van der Waals surface area contributed by atoms with Crippen molar-refractivity contribution in [3.8, 4) is 11.1 Å². The summed E-state index contributed by atoms with van der Waals surface area (Å²) in [6.07, 6.45) is 5.62. The third kappa shape index (κ3) is 4.51. The van der Waals surface area contributed by atoms with Gasteiger partial charge >= 0.3 is 0 Å². The van der Waals surface area contributed by atoms with Crippen LogP contribution < -0.4 is 0 Å². The van der Waals surface area contributed by atoms with Crippen molar-refractivity contribution in [2.75, 3.05) is 19.6 Å². The summed E-state index contributed by atoms with van der Waals surface area (Å²) in [6, 6.07) is 13.4. The van der Waals surface area contributed by atoms with Gasteiger partial charge in [0.1, 0.15) is 17.6 Å². The molecule has 0 radical (unpaired) electrons. The maximum Gasteiger partial charge on any atom is 0.274 e. The van der Waals surface area contributed by atoms with Crippen molar-refractivity contribution in [2.24, 2.45) is 0 Å². The molecule has 1 atom stereocenters. The number of rotatable bonds is 6. The standard InChI is InChI=1S/C25H25FN4O2/c1-2-13-29-14-15-30(24(31)22-17-27-11-12-28-22)23(25(29)32)16-19-5-3-4-6-21(19)18-7-9-20(26)10-8-18/h3-12,17,23H,2,13-16H2,1H3. The molecule has 0 aliphatic carbocycles. The smallest absolute Gasteiger partial charge is 0.274 e. The molecule has 2 aromatic carbocycles. The minimum Gasteiger partial charge on any atom is -0.339 e. The molecule has 6 nitrogen and oxygen atoms in total. The van der Waals surface area contributed by atoms with Crippen LogP contribution in [0.2, 0.25) is 0 Å². The molecule has 1 fully saturated rings. The van der Waals surface area contributed by atoms with E-state index in [9.17, 15) is 14.0 Å². The molecule has 32 heavy (non-hydrogen) atoms. The summed E-state index contributed by atoms with van der Waals surface area (Å²) in [7, 11) is 0. The lowest BCUT2D eigenvalue weighted by Crippen LogP contribution is -2.59. The summed E-state index contributed by atoms with van der Waals surface area (Å²) in [5.41, 5.74) is 2.93. The second-order valence-electron chi connectivity index (χ2n) is 7.80. The highest BCUT2D eigenvalue weighted by molar-refractivity contribution is 5.97. The monoisotopic (exact) mass is 432 g/mol. The largest absolute Gasteiger partial charge is 0.339 e. The van der Waals surface area contributed by atoms with Crippen LogP contribution in [0, 0.1) is 5.82 Å². The fourth-order valence-electron chi connectivity index (χ4n) is 4.15. The summed E-state index contributed by atoms with van der Waals surface area (Å²) in [4.78, 5) is 38.2. The van der Waals surface area contributed by atoms with Crippen molar-refractivity contribution in [1.29, 1.82) is 0 Å². The van der Waals surface area contributed by atoms with Gasteiger partial charge in [0.25, 0.3) is 5.91 Å². The molecule has 1 aliphatic heterocycles. The van der Waals surface area contributed by atoms with E-state index >= 15 is 0 Å². The van der Waals surface area contributed by atoms with Crippen LogP contribution in [0.5, 0.6) is 0 Å². The van der Waals surface area contributed by atoms with Gasteiger partial charge in [-0.25, -0.2) is 9.37 Å². The summed E-state index contributed by atoms with van der Waals surface area (Å²) in [6.45, 7) is 3.62. The number of nitrogens with zero attached hydrogens (tertiary/aromatic N) is 4. The third-order valence-electron chi connectivity index (χ3n) is 5.71. The minimum absolute atomic E-state index is 0.0655. The van der Waals surface area contributed by atoms with E-state index in [0.29, 0.717) is 26.1 Å². The lowest BCUT2D eigenvalue weighted by molar-refractivity contribution is -0.140. The summed E-state index contributed by atoms with van der Waals surface area (Å²) in [5.74, 6) is -0.666. The first-order chi connectivity index (χ1) is 15.6. The Hall–Kier alpha value is -3.61. The van der Waals surface area contributed by atoms with Crippen molar-refractivity contribution in [2.45, 2.75) is 25.8 Å². The van der Waals surface area contributed by atoms with Gasteiger partial charge in [0.05, 0.1) is 6.20 Å². The molecule has 0 bridgehead atoms. The Morgan fingerprint density at radius 2 is 1.88 bits per heavy atom. The van der Waals surface area contributed by atoms with E-state index < -0.39 is 6.04 Å². The summed E-state index contributed by atoms with van der Waals surface area (Å²) >= 11 is 0. The van der Waals surface area contributed by atoms with Gasteiger partial charge in [-0.3, -0.25) is 14.6 Å². The zero-order valence-electron chi connectivity index (χ0n) is 17.9. The highest BCUT2D eigenvalue weighted by Gasteiger charge is 2.38. The molecule has 1 aromatic heterocycles. The van der Waals surface area contributed by atoms with Gasteiger partial charge in [-0.15, -0.1) is 0 Å². The van der Waals surface area contributed by atoms with Gasteiger partial charge in [0, 0.05) is 38.4 Å². The first-order valence-electron chi connectivity index (χ1n) is 10.8. The van der Waals surface area contributed by atoms with Crippen LogP contribution in [0.1, 0.15) is 29.4 Å². The van der Waals surface area contributed by atoms with Crippen LogP contribution in [-0.2, 0) is 11.2 Å². The van der Waals surface area contributed by atoms with E-state index in [2.05, 4.69) is 9.97 Å². The van der Waals surface area contributed by atoms with Gasteiger partial charge < -0.3 is 9.80 Å². The highest BCUT2D eigenvalue weighted by Crippen LogP contribution is 2.27. The molecule has 164 valence electrons. The molecule has 4 rings (SSSR count). The van der Waals surface area contributed by atoms with Gasteiger partial charge in [0.15, 0.2) is 0 Å². The molecule has 2 amide bonds. The van der Waals surface area contributed by atoms with Crippen molar-refractivity contribution >= 4 is 11.8 Å². The Labute approximate surface area is 186 Å². The third-order valence-corrected chi connectivity index (χ3v) is 5.71. The highest BCUT2D eigenvalue weighted by atomic mass is 19.1. The molecule has 1 aliphatic rings. The first-order valence-corrected chi connectivity index (χ1v) is 10.8. The fraction of sp³-hybridized carbons (Fsp3) is 0.280. The number of hydrogen-bond donors (Lipinski definition) is 0. The summed E-state index contributed by atoms with van der Waals surface area (Å²) < 4.78 is 13.4.